The molecule has 0 amide bonds. The highest BCUT2D eigenvalue weighted by molar-refractivity contribution is 6.32. The number of rotatable bonds is 7. The monoisotopic (exact) mass is 481 g/mol. The fourth-order valence-electron chi connectivity index (χ4n) is 2.71. The maximum Gasteiger partial charge on any atom is 0.416 e. The van der Waals surface area contributed by atoms with Gasteiger partial charge in [-0.3, -0.25) is 4.98 Å². The lowest BCUT2D eigenvalue weighted by Crippen LogP contribution is -2.14. The van der Waals surface area contributed by atoms with Crippen LogP contribution in [0.25, 0.3) is 0 Å². The van der Waals surface area contributed by atoms with E-state index in [0.29, 0.717) is 11.6 Å². The maximum atomic E-state index is 14.2. The molecule has 1 aromatic heterocycles. The third-order valence-corrected chi connectivity index (χ3v) is 4.65. The molecule has 2 aromatic carbocycles. The number of ether oxygens (including phenoxy) is 2. The van der Waals surface area contributed by atoms with Crippen LogP contribution in [-0.2, 0) is 22.3 Å². The Morgan fingerprint density at radius 3 is 2.55 bits per heavy atom. The number of aliphatic hydroxyl groups is 1. The summed E-state index contributed by atoms with van der Waals surface area (Å²) in [5, 5.41) is 9.63. The molecule has 1 heterocycles. The van der Waals surface area contributed by atoms with Gasteiger partial charge < -0.3 is 14.6 Å². The number of alkyl halides is 3. The standard InChI is InChI=1S/C23H16ClF4NO4/c1-13(20(30)19-7-2-3-8-29-19)22(31)32-12-14-5-4-6-16(9-14)33-21-17(24)10-15(11-18(21)25)23(26,27)28/h2-11,20,30H,1,12H2. The summed E-state index contributed by atoms with van der Waals surface area (Å²) in [4.78, 5) is 16.2. The van der Waals surface area contributed by atoms with Crippen molar-refractivity contribution in [1.82, 2.24) is 4.98 Å². The van der Waals surface area contributed by atoms with Crippen molar-refractivity contribution in [2.24, 2.45) is 0 Å². The fraction of sp³-hybridized carbons (Fsp3) is 0.130. The van der Waals surface area contributed by atoms with E-state index in [4.69, 9.17) is 21.1 Å². The van der Waals surface area contributed by atoms with Gasteiger partial charge in [-0.15, -0.1) is 0 Å². The van der Waals surface area contributed by atoms with Gasteiger partial charge in [0.1, 0.15) is 18.5 Å². The molecule has 172 valence electrons. The van der Waals surface area contributed by atoms with Crippen LogP contribution in [0.15, 0.2) is 72.9 Å². The molecule has 10 heteroatoms. The summed E-state index contributed by atoms with van der Waals surface area (Å²) in [5.41, 5.74) is -0.819. The van der Waals surface area contributed by atoms with Crippen LogP contribution >= 0.6 is 11.6 Å². The van der Waals surface area contributed by atoms with Crippen molar-refractivity contribution in [3.63, 3.8) is 0 Å². The molecule has 0 bridgehead atoms. The Hall–Kier alpha value is -3.43. The normalized spacial score (nSPS) is 12.2. The van der Waals surface area contributed by atoms with E-state index in [-0.39, 0.29) is 29.7 Å². The largest absolute Gasteiger partial charge is 0.457 e. The van der Waals surface area contributed by atoms with Gasteiger partial charge in [0.2, 0.25) is 0 Å². The molecular weight excluding hydrogens is 466 g/mol. The number of pyridine rings is 1. The predicted molar refractivity (Wildman–Crippen MR) is 111 cm³/mol. The lowest BCUT2D eigenvalue weighted by atomic mass is 10.1. The predicted octanol–water partition coefficient (Wildman–Crippen LogP) is 6.02. The van der Waals surface area contributed by atoms with E-state index in [2.05, 4.69) is 11.6 Å². The first kappa shape index (κ1) is 24.2. The number of aliphatic hydroxyl groups excluding tert-OH is 1. The molecular formula is C23H16ClF4NO4. The number of carbonyl (C=O) groups excluding carboxylic acids is 1. The zero-order valence-electron chi connectivity index (χ0n) is 16.8. The highest BCUT2D eigenvalue weighted by atomic mass is 35.5. The van der Waals surface area contributed by atoms with Gasteiger partial charge in [0.05, 0.1) is 21.9 Å². The third-order valence-electron chi connectivity index (χ3n) is 4.37. The minimum absolute atomic E-state index is 0.0523. The van der Waals surface area contributed by atoms with Gasteiger partial charge in [0.25, 0.3) is 0 Å². The first-order valence-electron chi connectivity index (χ1n) is 9.34. The fourth-order valence-corrected chi connectivity index (χ4v) is 2.95. The summed E-state index contributed by atoms with van der Waals surface area (Å²) in [6, 6.07) is 11.5. The molecule has 33 heavy (non-hydrogen) atoms. The first-order chi connectivity index (χ1) is 15.6. The molecule has 0 spiro atoms. The Morgan fingerprint density at radius 2 is 1.91 bits per heavy atom. The van der Waals surface area contributed by atoms with E-state index in [1.807, 2.05) is 0 Å². The van der Waals surface area contributed by atoms with Crippen molar-refractivity contribution in [2.45, 2.75) is 18.9 Å². The molecule has 0 aliphatic heterocycles. The van der Waals surface area contributed by atoms with Gasteiger partial charge >= 0.3 is 12.1 Å². The van der Waals surface area contributed by atoms with Crippen molar-refractivity contribution < 1.29 is 36.9 Å². The van der Waals surface area contributed by atoms with Crippen LogP contribution in [0.5, 0.6) is 11.5 Å². The lowest BCUT2D eigenvalue weighted by Gasteiger charge is -2.14. The van der Waals surface area contributed by atoms with Gasteiger partial charge in [-0.2, -0.15) is 13.2 Å². The van der Waals surface area contributed by atoms with Crippen molar-refractivity contribution in [2.75, 3.05) is 0 Å². The molecule has 1 atom stereocenters. The van der Waals surface area contributed by atoms with Crippen LogP contribution in [-0.4, -0.2) is 16.1 Å². The molecule has 1 unspecified atom stereocenters. The Balaban J connectivity index is 1.67. The average molecular weight is 482 g/mol. The van der Waals surface area contributed by atoms with E-state index in [1.165, 1.54) is 30.5 Å². The number of halogens is 5. The number of carbonyl (C=O) groups is 1. The molecule has 0 aliphatic carbocycles. The summed E-state index contributed by atoms with van der Waals surface area (Å²) < 4.78 is 63.0. The number of aromatic nitrogens is 1. The topological polar surface area (TPSA) is 68.7 Å². The molecule has 5 nitrogen and oxygen atoms in total. The van der Waals surface area contributed by atoms with Gasteiger partial charge in [-0.1, -0.05) is 36.4 Å². The smallest absolute Gasteiger partial charge is 0.416 e. The number of hydrogen-bond acceptors (Lipinski definition) is 5. The van der Waals surface area contributed by atoms with E-state index in [9.17, 15) is 27.5 Å². The number of nitrogens with zero attached hydrogens (tertiary/aromatic N) is 1. The highest BCUT2D eigenvalue weighted by Gasteiger charge is 2.32. The SMILES string of the molecule is C=C(C(=O)OCc1cccc(Oc2c(F)cc(C(F)(F)F)cc2Cl)c1)C(O)c1ccccn1. The molecule has 0 saturated carbocycles. The minimum atomic E-state index is -4.76. The summed E-state index contributed by atoms with van der Waals surface area (Å²) in [7, 11) is 0. The summed E-state index contributed by atoms with van der Waals surface area (Å²) in [6.07, 6.45) is -4.66. The van der Waals surface area contributed by atoms with Gasteiger partial charge in [-0.05, 0) is 42.0 Å². The molecule has 0 fully saturated rings. The Labute approximate surface area is 190 Å². The summed E-state index contributed by atoms with van der Waals surface area (Å²) >= 11 is 5.78. The zero-order valence-corrected chi connectivity index (χ0v) is 17.5. The van der Waals surface area contributed by atoms with Gasteiger partial charge in [-0.25, -0.2) is 9.18 Å². The Kier molecular flexibility index (Phi) is 7.35. The van der Waals surface area contributed by atoms with E-state index in [0.717, 1.165) is 0 Å². The van der Waals surface area contributed by atoms with E-state index in [1.54, 1.807) is 18.2 Å². The molecule has 0 saturated heterocycles. The Bertz CT molecular complexity index is 1150. The van der Waals surface area contributed by atoms with Crippen LogP contribution in [0, 0.1) is 5.82 Å². The quantitative estimate of drug-likeness (QED) is 0.254. The second-order valence-electron chi connectivity index (χ2n) is 6.77. The summed E-state index contributed by atoms with van der Waals surface area (Å²) in [6.45, 7) is 3.29. The number of benzene rings is 2. The second kappa shape index (κ2) is 10.0. The van der Waals surface area contributed by atoms with Gasteiger partial charge in [0, 0.05) is 6.20 Å². The number of esters is 1. The first-order valence-corrected chi connectivity index (χ1v) is 9.72. The maximum absolute atomic E-state index is 14.2. The van der Waals surface area contributed by atoms with Crippen molar-refractivity contribution in [3.05, 3.63) is 101 Å². The molecule has 0 radical (unpaired) electrons. The van der Waals surface area contributed by atoms with Crippen molar-refractivity contribution >= 4 is 17.6 Å². The third kappa shape index (κ3) is 6.09. The van der Waals surface area contributed by atoms with Crippen LogP contribution in [0.4, 0.5) is 17.6 Å². The van der Waals surface area contributed by atoms with Crippen LogP contribution in [0.3, 0.4) is 0 Å². The molecule has 0 aliphatic rings. The van der Waals surface area contributed by atoms with Crippen LogP contribution in [0.2, 0.25) is 5.02 Å². The lowest BCUT2D eigenvalue weighted by molar-refractivity contribution is -0.141. The number of hydrogen-bond donors (Lipinski definition) is 1. The van der Waals surface area contributed by atoms with Gasteiger partial charge in [0.15, 0.2) is 11.6 Å². The van der Waals surface area contributed by atoms with E-state index >= 15 is 0 Å². The zero-order chi connectivity index (χ0) is 24.2. The second-order valence-corrected chi connectivity index (χ2v) is 7.18. The molecule has 1 N–H and O–H groups in total. The highest BCUT2D eigenvalue weighted by Crippen LogP contribution is 2.38. The van der Waals surface area contributed by atoms with Crippen LogP contribution < -0.4 is 4.74 Å². The van der Waals surface area contributed by atoms with Crippen molar-refractivity contribution in [3.8, 4) is 11.5 Å². The van der Waals surface area contributed by atoms with Crippen LogP contribution in [0.1, 0.15) is 22.9 Å². The Morgan fingerprint density at radius 1 is 1.15 bits per heavy atom. The minimum Gasteiger partial charge on any atom is -0.457 e. The van der Waals surface area contributed by atoms with Crippen molar-refractivity contribution in [1.29, 1.82) is 0 Å². The average Bonchev–Trinajstić information content (AvgIpc) is 2.79. The van der Waals surface area contributed by atoms with E-state index < -0.39 is 40.4 Å². The molecule has 3 aromatic rings. The summed E-state index contributed by atoms with van der Waals surface area (Å²) in [5.74, 6) is -2.68. The molecule has 3 rings (SSSR count).